The topological polar surface area (TPSA) is 34.1 Å². The van der Waals surface area contributed by atoms with Crippen molar-refractivity contribution in [2.75, 3.05) is 0 Å². The van der Waals surface area contributed by atoms with Gasteiger partial charge < -0.3 is 0 Å². The van der Waals surface area contributed by atoms with Gasteiger partial charge in [0.25, 0.3) is 0 Å². The summed E-state index contributed by atoms with van der Waals surface area (Å²) < 4.78 is 0. The maximum absolute atomic E-state index is 12.1. The van der Waals surface area contributed by atoms with Gasteiger partial charge in [0.1, 0.15) is 5.78 Å². The molecule has 2 heteroatoms. The number of ketones is 2. The lowest BCUT2D eigenvalue weighted by Gasteiger charge is -2.58. The van der Waals surface area contributed by atoms with E-state index in [2.05, 4.69) is 20.8 Å². The van der Waals surface area contributed by atoms with Crippen molar-refractivity contribution in [3.8, 4) is 0 Å². The number of fused-ring (bicyclic) bond motifs is 5. The molecule has 3 fully saturated rings. The number of hydrogen-bond donors (Lipinski definition) is 0. The van der Waals surface area contributed by atoms with Crippen molar-refractivity contribution in [2.45, 2.75) is 79.1 Å². The predicted octanol–water partition coefficient (Wildman–Crippen LogP) is 5.36. The van der Waals surface area contributed by atoms with Crippen LogP contribution in [0.25, 0.3) is 0 Å². The lowest BCUT2D eigenvalue weighted by Crippen LogP contribution is -2.51. The van der Waals surface area contributed by atoms with Crippen LogP contribution in [0.4, 0.5) is 0 Å². The Labute approximate surface area is 152 Å². The molecule has 0 spiro atoms. The standard InChI is InChI=1S/C23H34O2/c1-14(15(2)24)19-7-8-20-18-6-5-16-13-17(25)9-11-22(16,3)21(18)10-12-23(19,20)4/h13-14,18-21H,5-12H2,1-4H3. The fourth-order valence-corrected chi connectivity index (χ4v) is 7.70. The Kier molecular flexibility index (Phi) is 4.05. The van der Waals surface area contributed by atoms with Crippen molar-refractivity contribution in [3.63, 3.8) is 0 Å². The zero-order valence-corrected chi connectivity index (χ0v) is 16.4. The van der Waals surface area contributed by atoms with Gasteiger partial charge in [-0.3, -0.25) is 9.59 Å². The average Bonchev–Trinajstić information content (AvgIpc) is 2.92. The molecule has 0 aliphatic heterocycles. The van der Waals surface area contributed by atoms with Crippen molar-refractivity contribution in [2.24, 2.45) is 40.4 Å². The molecule has 0 amide bonds. The Morgan fingerprint density at radius 3 is 2.56 bits per heavy atom. The largest absolute Gasteiger partial charge is 0.300 e. The zero-order chi connectivity index (χ0) is 18.0. The second-order valence-electron chi connectivity index (χ2n) is 10.1. The van der Waals surface area contributed by atoms with Crippen molar-refractivity contribution >= 4 is 11.6 Å². The van der Waals surface area contributed by atoms with E-state index in [1.165, 1.54) is 37.7 Å². The lowest BCUT2D eigenvalue weighted by molar-refractivity contribution is -0.125. The molecule has 0 saturated heterocycles. The SMILES string of the molecule is CC(=O)C(C)C1CCC2C3CCC4=CC(=O)CCC4(C)C3CCC12C. The Bertz CT molecular complexity index is 632. The smallest absolute Gasteiger partial charge is 0.155 e. The van der Waals surface area contributed by atoms with Gasteiger partial charge in [-0.2, -0.15) is 0 Å². The fourth-order valence-electron chi connectivity index (χ4n) is 7.70. The highest BCUT2D eigenvalue weighted by Crippen LogP contribution is 2.67. The second kappa shape index (κ2) is 5.79. The molecular formula is C23H34O2. The minimum absolute atomic E-state index is 0.216. The molecule has 3 saturated carbocycles. The molecule has 0 heterocycles. The van der Waals surface area contributed by atoms with E-state index >= 15 is 0 Å². The van der Waals surface area contributed by atoms with Crippen LogP contribution in [-0.2, 0) is 9.59 Å². The molecule has 0 bridgehead atoms. The molecule has 0 radical (unpaired) electrons. The Balaban J connectivity index is 1.63. The van der Waals surface area contributed by atoms with Crippen molar-refractivity contribution < 1.29 is 9.59 Å². The molecule has 138 valence electrons. The summed E-state index contributed by atoms with van der Waals surface area (Å²) in [6.07, 6.45) is 11.3. The molecule has 0 aromatic heterocycles. The number of Topliss-reactive ketones (excluding diaryl/α,β-unsaturated/α-hetero) is 1. The van der Waals surface area contributed by atoms with Crippen molar-refractivity contribution in [1.29, 1.82) is 0 Å². The predicted molar refractivity (Wildman–Crippen MR) is 100 cm³/mol. The number of carbonyl (C=O) groups excluding carboxylic acids is 2. The lowest BCUT2D eigenvalue weighted by atomic mass is 9.46. The summed E-state index contributed by atoms with van der Waals surface area (Å²) >= 11 is 0. The first-order chi connectivity index (χ1) is 11.8. The Morgan fingerprint density at radius 1 is 1.08 bits per heavy atom. The highest BCUT2D eigenvalue weighted by molar-refractivity contribution is 5.91. The third-order valence-corrected chi connectivity index (χ3v) is 9.28. The van der Waals surface area contributed by atoms with Crippen LogP contribution in [0.1, 0.15) is 79.1 Å². The van der Waals surface area contributed by atoms with Crippen LogP contribution >= 0.6 is 0 Å². The van der Waals surface area contributed by atoms with E-state index in [-0.39, 0.29) is 11.3 Å². The second-order valence-corrected chi connectivity index (χ2v) is 10.1. The van der Waals surface area contributed by atoms with Crippen molar-refractivity contribution in [1.82, 2.24) is 0 Å². The van der Waals surface area contributed by atoms with E-state index in [0.717, 1.165) is 37.0 Å². The minimum atomic E-state index is 0.216. The third-order valence-electron chi connectivity index (χ3n) is 9.28. The average molecular weight is 343 g/mol. The summed E-state index contributed by atoms with van der Waals surface area (Å²) in [5, 5.41) is 0. The first kappa shape index (κ1) is 17.5. The molecule has 4 aliphatic carbocycles. The maximum Gasteiger partial charge on any atom is 0.155 e. The van der Waals surface area contributed by atoms with E-state index in [9.17, 15) is 9.59 Å². The minimum Gasteiger partial charge on any atom is -0.300 e. The fraction of sp³-hybridized carbons (Fsp3) is 0.826. The number of carbonyl (C=O) groups is 2. The van der Waals surface area contributed by atoms with Gasteiger partial charge in [0.2, 0.25) is 0 Å². The molecule has 0 N–H and O–H groups in total. The first-order valence-electron chi connectivity index (χ1n) is 10.5. The molecule has 7 unspecified atom stereocenters. The van der Waals surface area contributed by atoms with Gasteiger partial charge in [-0.1, -0.05) is 26.3 Å². The zero-order valence-electron chi connectivity index (χ0n) is 16.4. The van der Waals surface area contributed by atoms with Crippen LogP contribution in [0, 0.1) is 40.4 Å². The van der Waals surface area contributed by atoms with E-state index < -0.39 is 0 Å². The molecule has 2 nitrogen and oxygen atoms in total. The number of allylic oxidation sites excluding steroid dienone is 1. The van der Waals surface area contributed by atoms with E-state index in [1.54, 1.807) is 6.92 Å². The van der Waals surface area contributed by atoms with Gasteiger partial charge in [-0.15, -0.1) is 0 Å². The van der Waals surface area contributed by atoms with Crippen LogP contribution < -0.4 is 0 Å². The highest BCUT2D eigenvalue weighted by atomic mass is 16.1. The quantitative estimate of drug-likeness (QED) is 0.677. The third kappa shape index (κ3) is 2.42. The van der Waals surface area contributed by atoms with Crippen LogP contribution in [-0.4, -0.2) is 11.6 Å². The summed E-state index contributed by atoms with van der Waals surface area (Å²) in [7, 11) is 0. The van der Waals surface area contributed by atoms with Gasteiger partial charge in [0.05, 0.1) is 0 Å². The van der Waals surface area contributed by atoms with Crippen LogP contribution in [0.15, 0.2) is 11.6 Å². The van der Waals surface area contributed by atoms with Gasteiger partial charge in [-0.05, 0) is 92.4 Å². The van der Waals surface area contributed by atoms with Gasteiger partial charge in [0.15, 0.2) is 5.78 Å². The molecule has 4 rings (SSSR count). The molecule has 25 heavy (non-hydrogen) atoms. The normalized spacial score (nSPS) is 47.4. The van der Waals surface area contributed by atoms with Crippen LogP contribution in [0.2, 0.25) is 0 Å². The molecule has 7 atom stereocenters. The van der Waals surface area contributed by atoms with E-state index in [1.807, 2.05) is 6.08 Å². The summed E-state index contributed by atoms with van der Waals surface area (Å²) in [6.45, 7) is 8.91. The van der Waals surface area contributed by atoms with Gasteiger partial charge >= 0.3 is 0 Å². The monoisotopic (exact) mass is 342 g/mol. The maximum atomic E-state index is 12.1. The van der Waals surface area contributed by atoms with Crippen molar-refractivity contribution in [3.05, 3.63) is 11.6 Å². The van der Waals surface area contributed by atoms with Crippen LogP contribution in [0.5, 0.6) is 0 Å². The highest BCUT2D eigenvalue weighted by Gasteiger charge is 2.59. The summed E-state index contributed by atoms with van der Waals surface area (Å²) in [5.74, 6) is 3.86. The Morgan fingerprint density at radius 2 is 1.84 bits per heavy atom. The Hall–Kier alpha value is -0.920. The summed E-state index contributed by atoms with van der Waals surface area (Å²) in [6, 6.07) is 0. The summed E-state index contributed by atoms with van der Waals surface area (Å²) in [5.41, 5.74) is 2.08. The number of rotatable bonds is 2. The molecule has 0 aromatic carbocycles. The molecule has 0 aromatic rings. The number of hydrogen-bond acceptors (Lipinski definition) is 2. The molecular weight excluding hydrogens is 308 g/mol. The molecule has 4 aliphatic rings. The van der Waals surface area contributed by atoms with Gasteiger partial charge in [0, 0.05) is 12.3 Å². The van der Waals surface area contributed by atoms with Gasteiger partial charge in [-0.25, -0.2) is 0 Å². The van der Waals surface area contributed by atoms with E-state index in [4.69, 9.17) is 0 Å². The van der Waals surface area contributed by atoms with E-state index in [0.29, 0.717) is 22.9 Å². The first-order valence-corrected chi connectivity index (χ1v) is 10.5. The summed E-state index contributed by atoms with van der Waals surface area (Å²) in [4.78, 5) is 24.0. The van der Waals surface area contributed by atoms with Crippen LogP contribution in [0.3, 0.4) is 0 Å².